The van der Waals surface area contributed by atoms with Gasteiger partial charge < -0.3 is 10.6 Å². The van der Waals surface area contributed by atoms with E-state index in [1.54, 1.807) is 11.0 Å². The van der Waals surface area contributed by atoms with E-state index in [4.69, 9.17) is 5.73 Å². The molecule has 2 aromatic heterocycles. The van der Waals surface area contributed by atoms with Gasteiger partial charge in [0.2, 0.25) is 0 Å². The molecule has 0 saturated heterocycles. The fourth-order valence-corrected chi connectivity index (χ4v) is 3.25. The van der Waals surface area contributed by atoms with Crippen molar-refractivity contribution in [3.8, 4) is 11.3 Å². The molecule has 1 amide bonds. The summed E-state index contributed by atoms with van der Waals surface area (Å²) in [4.78, 5) is 14.7. The molecule has 142 valence electrons. The Bertz CT molecular complexity index is 912. The van der Waals surface area contributed by atoms with Gasteiger partial charge in [-0.05, 0) is 31.9 Å². The highest BCUT2D eigenvalue weighted by molar-refractivity contribution is 5.93. The van der Waals surface area contributed by atoms with Crippen molar-refractivity contribution in [2.75, 3.05) is 19.6 Å². The van der Waals surface area contributed by atoms with Crippen LogP contribution in [0.2, 0.25) is 0 Å². The Hall–Kier alpha value is -2.93. The summed E-state index contributed by atoms with van der Waals surface area (Å²) in [5.74, 6) is -0.0886. The summed E-state index contributed by atoms with van der Waals surface area (Å²) in [5.41, 5.74) is 11.0. The number of amides is 1. The molecular weight excluding hydrogens is 340 g/mol. The molecule has 0 aliphatic heterocycles. The van der Waals surface area contributed by atoms with Gasteiger partial charge in [0.05, 0.1) is 11.4 Å². The number of nitrogens with two attached hydrogens (primary N) is 1. The summed E-state index contributed by atoms with van der Waals surface area (Å²) in [6.45, 7) is 5.47. The van der Waals surface area contributed by atoms with E-state index < -0.39 is 0 Å². The van der Waals surface area contributed by atoms with Crippen molar-refractivity contribution in [2.45, 2.75) is 20.3 Å². The van der Waals surface area contributed by atoms with Crippen molar-refractivity contribution in [2.24, 2.45) is 12.8 Å². The first-order valence-electron chi connectivity index (χ1n) is 9.10. The molecule has 2 heterocycles. The van der Waals surface area contributed by atoms with Gasteiger partial charge in [0.15, 0.2) is 0 Å². The number of aromatic nitrogens is 4. The van der Waals surface area contributed by atoms with E-state index in [0.717, 1.165) is 29.1 Å². The number of nitrogens with one attached hydrogen (secondary N) is 1. The van der Waals surface area contributed by atoms with E-state index in [0.29, 0.717) is 25.3 Å². The molecule has 27 heavy (non-hydrogen) atoms. The molecule has 0 bridgehead atoms. The summed E-state index contributed by atoms with van der Waals surface area (Å²) in [5, 5.41) is 11.7. The van der Waals surface area contributed by atoms with Crippen LogP contribution in [-0.4, -0.2) is 50.4 Å². The minimum atomic E-state index is -0.0886. The lowest BCUT2D eigenvalue weighted by Crippen LogP contribution is -2.37. The standard InChI is InChI=1S/C20H26N6O/c1-14-19(15(2)25(3)24-14)17-13-18(23-22-17)20(27)26(12-10-21)11-9-16-7-5-4-6-8-16/h4-8,13H,9-12,21H2,1-3H3,(H,22,23). The second-order valence-corrected chi connectivity index (χ2v) is 6.65. The summed E-state index contributed by atoms with van der Waals surface area (Å²) >= 11 is 0. The summed E-state index contributed by atoms with van der Waals surface area (Å²) in [6.07, 6.45) is 0.786. The Balaban J connectivity index is 1.77. The van der Waals surface area contributed by atoms with Crippen molar-refractivity contribution >= 4 is 5.91 Å². The van der Waals surface area contributed by atoms with Gasteiger partial charge in [0.25, 0.3) is 5.91 Å². The second-order valence-electron chi connectivity index (χ2n) is 6.65. The molecule has 0 saturated carbocycles. The molecule has 1 aromatic carbocycles. The maximum atomic E-state index is 13.0. The van der Waals surface area contributed by atoms with Crippen LogP contribution in [0.3, 0.4) is 0 Å². The molecule has 7 heteroatoms. The number of aryl methyl sites for hydroxylation is 2. The Morgan fingerprint density at radius 2 is 1.96 bits per heavy atom. The van der Waals surface area contributed by atoms with Crippen molar-refractivity contribution < 1.29 is 4.79 Å². The minimum Gasteiger partial charge on any atom is -0.336 e. The van der Waals surface area contributed by atoms with E-state index in [2.05, 4.69) is 27.4 Å². The molecule has 0 spiro atoms. The van der Waals surface area contributed by atoms with Crippen LogP contribution < -0.4 is 5.73 Å². The Morgan fingerprint density at radius 1 is 1.22 bits per heavy atom. The van der Waals surface area contributed by atoms with E-state index in [9.17, 15) is 4.79 Å². The highest BCUT2D eigenvalue weighted by Crippen LogP contribution is 2.25. The number of nitrogens with zero attached hydrogens (tertiary/aromatic N) is 4. The summed E-state index contributed by atoms with van der Waals surface area (Å²) in [7, 11) is 1.90. The zero-order valence-electron chi connectivity index (χ0n) is 16.1. The lowest BCUT2D eigenvalue weighted by Gasteiger charge is -2.21. The van der Waals surface area contributed by atoms with Gasteiger partial charge in [-0.1, -0.05) is 30.3 Å². The zero-order valence-corrected chi connectivity index (χ0v) is 16.1. The maximum absolute atomic E-state index is 13.0. The van der Waals surface area contributed by atoms with Gasteiger partial charge in [0.1, 0.15) is 5.69 Å². The van der Waals surface area contributed by atoms with Gasteiger partial charge in [-0.3, -0.25) is 14.6 Å². The Kier molecular flexibility index (Phi) is 5.71. The van der Waals surface area contributed by atoms with Gasteiger partial charge >= 0.3 is 0 Å². The van der Waals surface area contributed by atoms with Gasteiger partial charge in [0, 0.05) is 37.9 Å². The molecule has 0 unspecified atom stereocenters. The first kappa shape index (κ1) is 18.8. The molecule has 0 aliphatic rings. The summed E-state index contributed by atoms with van der Waals surface area (Å²) < 4.78 is 1.82. The molecule has 0 aliphatic carbocycles. The number of H-pyrrole nitrogens is 1. The highest BCUT2D eigenvalue weighted by atomic mass is 16.2. The number of rotatable bonds is 7. The molecular formula is C20H26N6O. The second kappa shape index (κ2) is 8.18. The first-order chi connectivity index (χ1) is 13.0. The predicted octanol–water partition coefficient (Wildman–Crippen LogP) is 2.07. The van der Waals surface area contributed by atoms with Crippen LogP contribution in [0.1, 0.15) is 27.4 Å². The summed E-state index contributed by atoms with van der Waals surface area (Å²) in [6, 6.07) is 11.9. The van der Waals surface area contributed by atoms with Crippen LogP contribution in [0.15, 0.2) is 36.4 Å². The van der Waals surface area contributed by atoms with Crippen molar-refractivity contribution in [3.63, 3.8) is 0 Å². The third-order valence-electron chi connectivity index (χ3n) is 4.77. The third kappa shape index (κ3) is 4.09. The smallest absolute Gasteiger partial charge is 0.271 e. The fourth-order valence-electron chi connectivity index (χ4n) is 3.25. The molecule has 0 atom stereocenters. The van der Waals surface area contributed by atoms with Gasteiger partial charge in [-0.15, -0.1) is 0 Å². The largest absolute Gasteiger partial charge is 0.336 e. The van der Waals surface area contributed by atoms with E-state index in [1.165, 1.54) is 5.56 Å². The predicted molar refractivity (Wildman–Crippen MR) is 105 cm³/mol. The molecule has 0 fully saturated rings. The average Bonchev–Trinajstić information content (AvgIpc) is 3.23. The van der Waals surface area contributed by atoms with E-state index in [-0.39, 0.29) is 5.91 Å². The average molecular weight is 366 g/mol. The van der Waals surface area contributed by atoms with Crippen LogP contribution >= 0.6 is 0 Å². The Labute approximate surface area is 159 Å². The van der Waals surface area contributed by atoms with Gasteiger partial charge in [-0.2, -0.15) is 10.2 Å². The number of hydrogen-bond donors (Lipinski definition) is 2. The van der Waals surface area contributed by atoms with E-state index in [1.807, 2.05) is 43.8 Å². The highest BCUT2D eigenvalue weighted by Gasteiger charge is 2.20. The molecule has 7 nitrogen and oxygen atoms in total. The fraction of sp³-hybridized carbons (Fsp3) is 0.350. The normalized spacial score (nSPS) is 11.0. The van der Waals surface area contributed by atoms with Crippen LogP contribution in [0, 0.1) is 13.8 Å². The lowest BCUT2D eigenvalue weighted by atomic mass is 10.1. The van der Waals surface area contributed by atoms with Crippen molar-refractivity contribution in [3.05, 3.63) is 59.0 Å². The number of carbonyl (C=O) groups is 1. The van der Waals surface area contributed by atoms with Crippen LogP contribution in [0.4, 0.5) is 0 Å². The molecule has 3 aromatic rings. The molecule has 3 N–H and O–H groups in total. The monoisotopic (exact) mass is 366 g/mol. The first-order valence-corrected chi connectivity index (χ1v) is 9.10. The Morgan fingerprint density at radius 3 is 2.59 bits per heavy atom. The van der Waals surface area contributed by atoms with E-state index >= 15 is 0 Å². The lowest BCUT2D eigenvalue weighted by molar-refractivity contribution is 0.0756. The third-order valence-corrected chi connectivity index (χ3v) is 4.77. The topological polar surface area (TPSA) is 92.8 Å². The number of aromatic amines is 1. The quantitative estimate of drug-likeness (QED) is 0.669. The maximum Gasteiger partial charge on any atom is 0.271 e. The zero-order chi connectivity index (χ0) is 19.4. The van der Waals surface area contributed by atoms with Crippen molar-refractivity contribution in [1.82, 2.24) is 24.9 Å². The molecule has 3 rings (SSSR count). The minimum absolute atomic E-state index is 0.0886. The number of benzene rings is 1. The van der Waals surface area contributed by atoms with Crippen LogP contribution in [0.25, 0.3) is 11.3 Å². The van der Waals surface area contributed by atoms with Gasteiger partial charge in [-0.25, -0.2) is 0 Å². The SMILES string of the molecule is Cc1nn(C)c(C)c1-c1cc(C(=O)N(CCN)CCc2ccccc2)[nH]n1. The number of hydrogen-bond acceptors (Lipinski definition) is 4. The van der Waals surface area contributed by atoms with Crippen molar-refractivity contribution in [1.29, 1.82) is 0 Å². The van der Waals surface area contributed by atoms with Crippen LogP contribution in [-0.2, 0) is 13.5 Å². The number of carbonyl (C=O) groups excluding carboxylic acids is 1. The molecule has 0 radical (unpaired) electrons. The van der Waals surface area contributed by atoms with Crippen LogP contribution in [0.5, 0.6) is 0 Å².